The van der Waals surface area contributed by atoms with Gasteiger partial charge < -0.3 is 14.5 Å². The zero-order valence-corrected chi connectivity index (χ0v) is 15.3. The monoisotopic (exact) mass is 408 g/mol. The SMILES string of the molecule is COc1cccc2cc([C@H](C)NC(=O)c3cc(Br)cnc3Cl)oc12. The number of nitrogens with one attached hydrogen (secondary N) is 1. The Morgan fingerprint density at radius 1 is 1.42 bits per heavy atom. The van der Waals surface area contributed by atoms with Gasteiger partial charge in [0.25, 0.3) is 5.91 Å². The van der Waals surface area contributed by atoms with Gasteiger partial charge >= 0.3 is 0 Å². The van der Waals surface area contributed by atoms with Crippen LogP contribution in [-0.4, -0.2) is 18.0 Å². The number of amides is 1. The number of halogens is 2. The van der Waals surface area contributed by atoms with E-state index in [1.165, 1.54) is 6.20 Å². The number of carbonyl (C=O) groups excluding carboxylic acids is 1. The van der Waals surface area contributed by atoms with E-state index in [0.717, 1.165) is 5.39 Å². The van der Waals surface area contributed by atoms with Crippen molar-refractivity contribution in [3.63, 3.8) is 0 Å². The lowest BCUT2D eigenvalue weighted by molar-refractivity contribution is 0.0935. The zero-order valence-electron chi connectivity index (χ0n) is 13.0. The summed E-state index contributed by atoms with van der Waals surface area (Å²) in [6.07, 6.45) is 1.54. The van der Waals surface area contributed by atoms with Gasteiger partial charge in [-0.15, -0.1) is 0 Å². The fourth-order valence-electron chi connectivity index (χ4n) is 2.36. The first-order valence-electron chi connectivity index (χ1n) is 7.18. The van der Waals surface area contributed by atoms with Crippen molar-refractivity contribution >= 4 is 44.4 Å². The van der Waals surface area contributed by atoms with Crippen molar-refractivity contribution in [1.29, 1.82) is 0 Å². The number of furan rings is 1. The van der Waals surface area contributed by atoms with Crippen LogP contribution in [0, 0.1) is 0 Å². The molecule has 0 aliphatic rings. The maximum atomic E-state index is 12.4. The summed E-state index contributed by atoms with van der Waals surface area (Å²) in [7, 11) is 1.59. The van der Waals surface area contributed by atoms with Crippen LogP contribution in [0.15, 0.2) is 45.4 Å². The molecule has 0 fully saturated rings. The summed E-state index contributed by atoms with van der Waals surface area (Å²) >= 11 is 9.27. The molecule has 0 unspecified atom stereocenters. The second-order valence-electron chi connectivity index (χ2n) is 5.21. The molecule has 0 radical (unpaired) electrons. The minimum atomic E-state index is -0.343. The average molecular weight is 410 g/mol. The predicted octanol–water partition coefficient (Wildman–Crippen LogP) is 4.74. The Bertz CT molecular complexity index is 910. The molecule has 2 heterocycles. The number of pyridine rings is 1. The van der Waals surface area contributed by atoms with Gasteiger partial charge in [-0.25, -0.2) is 4.98 Å². The van der Waals surface area contributed by atoms with Crippen molar-refractivity contribution in [2.24, 2.45) is 0 Å². The van der Waals surface area contributed by atoms with E-state index in [9.17, 15) is 4.79 Å². The Hall–Kier alpha value is -2.05. The molecule has 5 nitrogen and oxygen atoms in total. The van der Waals surface area contributed by atoms with Gasteiger partial charge in [0.1, 0.15) is 10.9 Å². The molecule has 1 N–H and O–H groups in total. The van der Waals surface area contributed by atoms with Crippen molar-refractivity contribution < 1.29 is 13.9 Å². The number of rotatable bonds is 4. The number of methoxy groups -OCH3 is 1. The lowest BCUT2D eigenvalue weighted by Gasteiger charge is -2.12. The Kier molecular flexibility index (Phi) is 4.78. The molecule has 1 amide bonds. The Balaban J connectivity index is 1.85. The van der Waals surface area contributed by atoms with Gasteiger partial charge in [0, 0.05) is 16.1 Å². The van der Waals surface area contributed by atoms with E-state index in [4.69, 9.17) is 20.8 Å². The van der Waals surface area contributed by atoms with Crippen LogP contribution in [-0.2, 0) is 0 Å². The van der Waals surface area contributed by atoms with E-state index in [2.05, 4.69) is 26.2 Å². The lowest BCUT2D eigenvalue weighted by Crippen LogP contribution is -2.26. The number of benzene rings is 1. The molecule has 3 aromatic rings. The molecular weight excluding hydrogens is 396 g/mol. The van der Waals surface area contributed by atoms with Crippen molar-refractivity contribution in [3.05, 3.63) is 57.5 Å². The fourth-order valence-corrected chi connectivity index (χ4v) is 2.88. The van der Waals surface area contributed by atoms with Crippen LogP contribution in [0.2, 0.25) is 5.15 Å². The fraction of sp³-hybridized carbons (Fsp3) is 0.176. The van der Waals surface area contributed by atoms with Crippen LogP contribution < -0.4 is 10.1 Å². The van der Waals surface area contributed by atoms with Crippen LogP contribution in [0.25, 0.3) is 11.0 Å². The number of ether oxygens (including phenoxy) is 1. The molecule has 2 aromatic heterocycles. The first-order chi connectivity index (χ1) is 11.5. The Morgan fingerprint density at radius 3 is 2.96 bits per heavy atom. The largest absolute Gasteiger partial charge is 0.493 e. The van der Waals surface area contributed by atoms with Crippen LogP contribution in [0.1, 0.15) is 29.1 Å². The number of para-hydroxylation sites is 1. The quantitative estimate of drug-likeness (QED) is 0.632. The smallest absolute Gasteiger partial charge is 0.255 e. The molecule has 1 aromatic carbocycles. The highest BCUT2D eigenvalue weighted by molar-refractivity contribution is 9.10. The van der Waals surface area contributed by atoms with Crippen LogP contribution >= 0.6 is 27.5 Å². The molecule has 0 saturated heterocycles. The third-order valence-electron chi connectivity index (χ3n) is 3.57. The highest BCUT2D eigenvalue weighted by Crippen LogP contribution is 2.31. The van der Waals surface area contributed by atoms with Crippen LogP contribution in [0.4, 0.5) is 0 Å². The molecule has 3 rings (SSSR count). The summed E-state index contributed by atoms with van der Waals surface area (Å²) in [5, 5.41) is 3.92. The summed E-state index contributed by atoms with van der Waals surface area (Å²) in [5.74, 6) is 0.951. The number of nitrogens with zero attached hydrogens (tertiary/aromatic N) is 1. The Morgan fingerprint density at radius 2 is 2.21 bits per heavy atom. The number of fused-ring (bicyclic) bond motifs is 1. The van der Waals surface area contributed by atoms with Gasteiger partial charge in [-0.2, -0.15) is 0 Å². The minimum absolute atomic E-state index is 0.147. The normalized spacial score (nSPS) is 12.2. The zero-order chi connectivity index (χ0) is 17.3. The summed E-state index contributed by atoms with van der Waals surface area (Å²) in [6, 6.07) is 8.80. The first kappa shape index (κ1) is 16.8. The summed E-state index contributed by atoms with van der Waals surface area (Å²) in [5.41, 5.74) is 0.949. The molecule has 0 spiro atoms. The van der Waals surface area contributed by atoms with Gasteiger partial charge in [0.05, 0.1) is 18.7 Å². The average Bonchev–Trinajstić information content (AvgIpc) is 3.01. The number of carbonyl (C=O) groups is 1. The summed E-state index contributed by atoms with van der Waals surface area (Å²) in [6.45, 7) is 1.83. The first-order valence-corrected chi connectivity index (χ1v) is 8.35. The molecule has 1 atom stereocenters. The highest BCUT2D eigenvalue weighted by atomic mass is 79.9. The minimum Gasteiger partial charge on any atom is -0.493 e. The van der Waals surface area contributed by atoms with Crippen molar-refractivity contribution in [2.75, 3.05) is 7.11 Å². The second kappa shape index (κ2) is 6.83. The molecule has 0 saturated carbocycles. The molecular formula is C17H14BrClN2O3. The highest BCUT2D eigenvalue weighted by Gasteiger charge is 2.19. The molecule has 24 heavy (non-hydrogen) atoms. The predicted molar refractivity (Wildman–Crippen MR) is 95.6 cm³/mol. The van der Waals surface area contributed by atoms with Gasteiger partial charge in [-0.05, 0) is 41.1 Å². The van der Waals surface area contributed by atoms with Gasteiger partial charge in [0.2, 0.25) is 0 Å². The third kappa shape index (κ3) is 3.25. The van der Waals surface area contributed by atoms with Crippen LogP contribution in [0.5, 0.6) is 5.75 Å². The standard InChI is InChI=1S/C17H14BrClN2O3/c1-9(21-17(22)12-7-11(18)8-20-16(12)19)14-6-10-4-3-5-13(23-2)15(10)24-14/h3-9H,1-2H3,(H,21,22)/t9-/m0/s1. The van der Waals surface area contributed by atoms with E-state index in [1.54, 1.807) is 13.2 Å². The van der Waals surface area contributed by atoms with Gasteiger partial charge in [-0.3, -0.25) is 4.79 Å². The lowest BCUT2D eigenvalue weighted by atomic mass is 10.2. The number of aromatic nitrogens is 1. The van der Waals surface area contributed by atoms with Crippen molar-refractivity contribution in [2.45, 2.75) is 13.0 Å². The second-order valence-corrected chi connectivity index (χ2v) is 6.49. The van der Waals surface area contributed by atoms with Crippen molar-refractivity contribution in [1.82, 2.24) is 10.3 Å². The van der Waals surface area contributed by atoms with E-state index in [-0.39, 0.29) is 17.1 Å². The molecule has 0 bridgehead atoms. The maximum absolute atomic E-state index is 12.4. The molecule has 0 aliphatic carbocycles. The topological polar surface area (TPSA) is 64.4 Å². The molecule has 124 valence electrons. The van der Waals surface area contributed by atoms with Gasteiger partial charge in [-0.1, -0.05) is 23.7 Å². The van der Waals surface area contributed by atoms with E-state index >= 15 is 0 Å². The molecule has 0 aliphatic heterocycles. The summed E-state index contributed by atoms with van der Waals surface area (Å²) < 4.78 is 11.8. The number of hydrogen-bond donors (Lipinski definition) is 1. The van der Waals surface area contributed by atoms with E-state index in [1.807, 2.05) is 31.2 Å². The summed E-state index contributed by atoms with van der Waals surface area (Å²) in [4.78, 5) is 16.4. The maximum Gasteiger partial charge on any atom is 0.255 e. The van der Waals surface area contributed by atoms with Crippen molar-refractivity contribution in [3.8, 4) is 5.75 Å². The van der Waals surface area contributed by atoms with E-state index < -0.39 is 0 Å². The Labute approximate surface area is 152 Å². The number of hydrogen-bond acceptors (Lipinski definition) is 4. The third-order valence-corrected chi connectivity index (χ3v) is 4.31. The van der Waals surface area contributed by atoms with Crippen LogP contribution in [0.3, 0.4) is 0 Å². The molecule has 7 heteroatoms. The van der Waals surface area contributed by atoms with Gasteiger partial charge in [0.15, 0.2) is 11.3 Å². The van der Waals surface area contributed by atoms with E-state index in [0.29, 0.717) is 27.1 Å².